The number of imidazole rings is 1. The molecule has 4 aromatic rings. The molecule has 0 spiro atoms. The number of nitrogens with zero attached hydrogens (tertiary/aromatic N) is 2. The third kappa shape index (κ3) is 4.91. The SMILES string of the molecule is O=C(CCc1ccccc1)NCc1nc2ccccc2n1CCc1ccccc1. The molecule has 0 radical (unpaired) electrons. The highest BCUT2D eigenvalue weighted by molar-refractivity contribution is 5.77. The molecule has 1 heterocycles. The summed E-state index contributed by atoms with van der Waals surface area (Å²) in [7, 11) is 0. The fraction of sp³-hybridized carbons (Fsp3) is 0.200. The smallest absolute Gasteiger partial charge is 0.220 e. The van der Waals surface area contributed by atoms with E-state index in [1.54, 1.807) is 0 Å². The Morgan fingerprint density at radius 2 is 1.41 bits per heavy atom. The summed E-state index contributed by atoms with van der Waals surface area (Å²) in [6, 6.07) is 28.7. The molecule has 1 N–H and O–H groups in total. The van der Waals surface area contributed by atoms with Crippen molar-refractivity contribution in [2.75, 3.05) is 0 Å². The quantitative estimate of drug-likeness (QED) is 0.486. The number of benzene rings is 3. The van der Waals surface area contributed by atoms with Gasteiger partial charge in [0, 0.05) is 13.0 Å². The fourth-order valence-corrected chi connectivity index (χ4v) is 3.56. The first-order valence-electron chi connectivity index (χ1n) is 10.1. The van der Waals surface area contributed by atoms with Crippen LogP contribution in [0.15, 0.2) is 84.9 Å². The van der Waals surface area contributed by atoms with Gasteiger partial charge in [0.15, 0.2) is 0 Å². The molecule has 0 atom stereocenters. The summed E-state index contributed by atoms with van der Waals surface area (Å²) in [5.41, 5.74) is 4.55. The predicted molar refractivity (Wildman–Crippen MR) is 116 cm³/mol. The molecule has 4 rings (SSSR count). The van der Waals surface area contributed by atoms with Crippen LogP contribution in [0.5, 0.6) is 0 Å². The van der Waals surface area contributed by atoms with Gasteiger partial charge in [0.2, 0.25) is 5.91 Å². The maximum atomic E-state index is 12.3. The first-order chi connectivity index (χ1) is 14.3. The lowest BCUT2D eigenvalue weighted by molar-refractivity contribution is -0.121. The number of carbonyl (C=O) groups excluding carboxylic acids is 1. The summed E-state index contributed by atoms with van der Waals surface area (Å²) in [5, 5.41) is 3.05. The first kappa shape index (κ1) is 18.9. The molecule has 0 bridgehead atoms. The van der Waals surface area contributed by atoms with Gasteiger partial charge in [0.25, 0.3) is 0 Å². The zero-order valence-corrected chi connectivity index (χ0v) is 16.4. The molecule has 146 valence electrons. The number of rotatable bonds is 8. The average molecular weight is 383 g/mol. The van der Waals surface area contributed by atoms with E-state index in [0.717, 1.165) is 36.2 Å². The summed E-state index contributed by atoms with van der Waals surface area (Å²) in [6.45, 7) is 1.27. The van der Waals surface area contributed by atoms with E-state index < -0.39 is 0 Å². The van der Waals surface area contributed by atoms with Crippen molar-refractivity contribution in [3.05, 3.63) is 102 Å². The minimum absolute atomic E-state index is 0.0514. The molecule has 0 aliphatic carbocycles. The highest BCUT2D eigenvalue weighted by Crippen LogP contribution is 2.17. The van der Waals surface area contributed by atoms with Gasteiger partial charge in [-0.2, -0.15) is 0 Å². The van der Waals surface area contributed by atoms with E-state index in [1.165, 1.54) is 11.1 Å². The number of fused-ring (bicyclic) bond motifs is 1. The summed E-state index contributed by atoms with van der Waals surface area (Å²) in [5.74, 6) is 0.950. The molecule has 4 heteroatoms. The van der Waals surface area contributed by atoms with Gasteiger partial charge in [0.05, 0.1) is 17.6 Å². The van der Waals surface area contributed by atoms with Crippen molar-refractivity contribution in [1.29, 1.82) is 0 Å². The standard InChI is InChI=1S/C25H25N3O/c29-25(16-15-20-9-3-1-4-10-20)26-19-24-27-22-13-7-8-14-23(22)28(24)18-17-21-11-5-2-6-12-21/h1-14H,15-19H2,(H,26,29). The Balaban J connectivity index is 1.43. The van der Waals surface area contributed by atoms with Gasteiger partial charge in [-0.1, -0.05) is 72.8 Å². The molecule has 0 saturated heterocycles. The van der Waals surface area contributed by atoms with E-state index in [0.29, 0.717) is 13.0 Å². The second kappa shape index (κ2) is 9.20. The average Bonchev–Trinajstić information content (AvgIpc) is 3.14. The molecule has 0 unspecified atom stereocenters. The van der Waals surface area contributed by atoms with Gasteiger partial charge in [-0.3, -0.25) is 4.79 Å². The lowest BCUT2D eigenvalue weighted by Crippen LogP contribution is -2.25. The molecule has 0 fully saturated rings. The zero-order chi connectivity index (χ0) is 19.9. The van der Waals surface area contributed by atoms with Gasteiger partial charge in [-0.25, -0.2) is 4.98 Å². The maximum absolute atomic E-state index is 12.3. The number of carbonyl (C=O) groups is 1. The number of amides is 1. The van der Waals surface area contributed by atoms with Crippen LogP contribution in [0.2, 0.25) is 0 Å². The Morgan fingerprint density at radius 1 is 0.793 bits per heavy atom. The number of nitrogens with one attached hydrogen (secondary N) is 1. The monoisotopic (exact) mass is 383 g/mol. The lowest BCUT2D eigenvalue weighted by atomic mass is 10.1. The Hall–Kier alpha value is -3.40. The predicted octanol–water partition coefficient (Wildman–Crippen LogP) is 4.53. The normalized spacial score (nSPS) is 10.9. The van der Waals surface area contributed by atoms with Crippen LogP contribution in [-0.4, -0.2) is 15.5 Å². The summed E-state index contributed by atoms with van der Waals surface area (Å²) in [4.78, 5) is 17.1. The fourth-order valence-electron chi connectivity index (χ4n) is 3.56. The molecule has 1 amide bonds. The van der Waals surface area contributed by atoms with Gasteiger partial charge in [-0.05, 0) is 36.1 Å². The van der Waals surface area contributed by atoms with Crippen LogP contribution in [0.4, 0.5) is 0 Å². The lowest BCUT2D eigenvalue weighted by Gasteiger charge is -2.10. The van der Waals surface area contributed by atoms with Crippen molar-refractivity contribution in [3.63, 3.8) is 0 Å². The van der Waals surface area contributed by atoms with Crippen LogP contribution in [0.25, 0.3) is 11.0 Å². The van der Waals surface area contributed by atoms with Crippen LogP contribution in [-0.2, 0) is 30.7 Å². The van der Waals surface area contributed by atoms with Crippen molar-refractivity contribution < 1.29 is 4.79 Å². The number of para-hydroxylation sites is 2. The van der Waals surface area contributed by atoms with Gasteiger partial charge in [-0.15, -0.1) is 0 Å². The third-order valence-corrected chi connectivity index (χ3v) is 5.13. The molecule has 4 nitrogen and oxygen atoms in total. The molecule has 1 aromatic heterocycles. The van der Waals surface area contributed by atoms with Crippen LogP contribution < -0.4 is 5.32 Å². The van der Waals surface area contributed by atoms with E-state index in [1.807, 2.05) is 42.5 Å². The summed E-state index contributed by atoms with van der Waals surface area (Å²) in [6.07, 6.45) is 2.15. The molecular formula is C25H25N3O. The Labute approximate surface area is 171 Å². The second-order valence-corrected chi connectivity index (χ2v) is 7.17. The minimum atomic E-state index is 0.0514. The van der Waals surface area contributed by atoms with E-state index in [-0.39, 0.29) is 5.91 Å². The minimum Gasteiger partial charge on any atom is -0.349 e. The number of aromatic nitrogens is 2. The summed E-state index contributed by atoms with van der Waals surface area (Å²) >= 11 is 0. The van der Waals surface area contributed by atoms with Crippen LogP contribution in [0.3, 0.4) is 0 Å². The Kier molecular flexibility index (Phi) is 6.01. The highest BCUT2D eigenvalue weighted by Gasteiger charge is 2.12. The topological polar surface area (TPSA) is 46.9 Å². The van der Waals surface area contributed by atoms with Crippen LogP contribution in [0.1, 0.15) is 23.4 Å². The Bertz CT molecular complexity index is 1070. The van der Waals surface area contributed by atoms with Gasteiger partial charge >= 0.3 is 0 Å². The summed E-state index contributed by atoms with van der Waals surface area (Å²) < 4.78 is 2.22. The third-order valence-electron chi connectivity index (χ3n) is 5.13. The second-order valence-electron chi connectivity index (χ2n) is 7.17. The number of hydrogen-bond donors (Lipinski definition) is 1. The first-order valence-corrected chi connectivity index (χ1v) is 10.1. The van der Waals surface area contributed by atoms with Crippen molar-refractivity contribution in [2.45, 2.75) is 32.4 Å². The van der Waals surface area contributed by atoms with E-state index >= 15 is 0 Å². The van der Waals surface area contributed by atoms with E-state index in [2.05, 4.69) is 52.3 Å². The molecular weight excluding hydrogens is 358 g/mol. The molecule has 3 aromatic carbocycles. The molecule has 0 aliphatic rings. The number of hydrogen-bond acceptors (Lipinski definition) is 2. The number of aryl methyl sites for hydroxylation is 3. The van der Waals surface area contributed by atoms with Crippen molar-refractivity contribution in [3.8, 4) is 0 Å². The molecule has 0 saturated carbocycles. The van der Waals surface area contributed by atoms with Crippen molar-refractivity contribution in [1.82, 2.24) is 14.9 Å². The maximum Gasteiger partial charge on any atom is 0.220 e. The van der Waals surface area contributed by atoms with Crippen molar-refractivity contribution >= 4 is 16.9 Å². The van der Waals surface area contributed by atoms with Gasteiger partial charge < -0.3 is 9.88 Å². The zero-order valence-electron chi connectivity index (χ0n) is 16.4. The molecule has 29 heavy (non-hydrogen) atoms. The van der Waals surface area contributed by atoms with E-state index in [9.17, 15) is 4.79 Å². The highest BCUT2D eigenvalue weighted by atomic mass is 16.1. The van der Waals surface area contributed by atoms with Crippen LogP contribution >= 0.6 is 0 Å². The van der Waals surface area contributed by atoms with Crippen molar-refractivity contribution in [2.24, 2.45) is 0 Å². The molecule has 0 aliphatic heterocycles. The van der Waals surface area contributed by atoms with E-state index in [4.69, 9.17) is 4.98 Å². The largest absolute Gasteiger partial charge is 0.349 e. The van der Waals surface area contributed by atoms with Crippen LogP contribution in [0, 0.1) is 0 Å². The Morgan fingerprint density at radius 3 is 2.14 bits per heavy atom. The van der Waals surface area contributed by atoms with Gasteiger partial charge in [0.1, 0.15) is 5.82 Å².